The van der Waals surface area contributed by atoms with Crippen LogP contribution in [0, 0.1) is 5.92 Å². The second-order valence-corrected chi connectivity index (χ2v) is 5.86. The first kappa shape index (κ1) is 12.4. The van der Waals surface area contributed by atoms with Crippen molar-refractivity contribution in [3.63, 3.8) is 0 Å². The Bertz CT molecular complexity index is 798. The molecule has 0 bridgehead atoms. The first-order chi connectivity index (χ1) is 10.1. The summed E-state index contributed by atoms with van der Waals surface area (Å²) in [5.41, 5.74) is 0.354. The smallest absolute Gasteiger partial charge is 0.240 e. The number of methoxy groups -OCH3 is 1. The lowest BCUT2D eigenvalue weighted by atomic mass is 9.92. The molecule has 106 valence electrons. The lowest BCUT2D eigenvalue weighted by molar-refractivity contribution is -0.140. The molecule has 1 saturated carbocycles. The van der Waals surface area contributed by atoms with Gasteiger partial charge in [-0.25, -0.2) is 0 Å². The molecule has 21 heavy (non-hydrogen) atoms. The zero-order valence-electron chi connectivity index (χ0n) is 11.9. The predicted octanol–water partition coefficient (Wildman–Crippen LogP) is 2.10. The Morgan fingerprint density at radius 3 is 2.52 bits per heavy atom. The number of carbonyl (C=O) groups excluding carboxylic acids is 2. The third-order valence-electron chi connectivity index (χ3n) is 4.84. The van der Waals surface area contributed by atoms with Crippen LogP contribution in [0.1, 0.15) is 12.0 Å². The van der Waals surface area contributed by atoms with Gasteiger partial charge in [0.15, 0.2) is 0 Å². The minimum absolute atomic E-state index is 0.0465. The number of hydrogen-bond acceptors (Lipinski definition) is 3. The van der Waals surface area contributed by atoms with Crippen molar-refractivity contribution >= 4 is 22.6 Å². The lowest BCUT2D eigenvalue weighted by Crippen LogP contribution is -2.32. The van der Waals surface area contributed by atoms with Crippen LogP contribution in [0.4, 0.5) is 0 Å². The summed E-state index contributed by atoms with van der Waals surface area (Å²) in [6, 6.07) is 11.8. The summed E-state index contributed by atoms with van der Waals surface area (Å²) in [6.07, 6.45) is 0.649. The number of likely N-dealkylation sites (N-methyl/N-ethyl adjacent to an activating group) is 1. The highest BCUT2D eigenvalue weighted by atomic mass is 16.5. The van der Waals surface area contributed by atoms with Gasteiger partial charge < -0.3 is 4.74 Å². The van der Waals surface area contributed by atoms with E-state index in [0.29, 0.717) is 6.42 Å². The molecule has 2 aromatic carbocycles. The van der Waals surface area contributed by atoms with Crippen LogP contribution in [-0.4, -0.2) is 30.9 Å². The molecule has 0 aromatic heterocycles. The largest absolute Gasteiger partial charge is 0.497 e. The number of amides is 2. The van der Waals surface area contributed by atoms with Gasteiger partial charge in [-0.3, -0.25) is 14.5 Å². The molecule has 4 nitrogen and oxygen atoms in total. The zero-order chi connectivity index (χ0) is 14.8. The van der Waals surface area contributed by atoms with Gasteiger partial charge in [-0.15, -0.1) is 0 Å². The maximum Gasteiger partial charge on any atom is 0.240 e. The molecule has 0 N–H and O–H groups in total. The maximum atomic E-state index is 12.4. The number of piperidine rings is 1. The summed E-state index contributed by atoms with van der Waals surface area (Å²) in [5, 5.41) is 2.12. The molecule has 1 aliphatic carbocycles. The molecule has 4 heteroatoms. The summed E-state index contributed by atoms with van der Waals surface area (Å²) in [7, 11) is 3.21. The van der Waals surface area contributed by atoms with Gasteiger partial charge in [0, 0.05) is 7.05 Å². The molecule has 2 atom stereocenters. The highest BCUT2D eigenvalue weighted by molar-refractivity contribution is 6.15. The number of fused-ring (bicyclic) bond motifs is 2. The van der Waals surface area contributed by atoms with E-state index in [9.17, 15) is 9.59 Å². The number of imide groups is 1. The van der Waals surface area contributed by atoms with E-state index in [4.69, 9.17) is 4.74 Å². The van der Waals surface area contributed by atoms with Gasteiger partial charge in [-0.1, -0.05) is 24.3 Å². The Labute approximate surface area is 122 Å². The molecule has 2 unspecified atom stereocenters. The second-order valence-electron chi connectivity index (χ2n) is 5.86. The van der Waals surface area contributed by atoms with Crippen LogP contribution in [0.15, 0.2) is 36.4 Å². The number of benzene rings is 2. The van der Waals surface area contributed by atoms with Crippen LogP contribution >= 0.6 is 0 Å². The predicted molar refractivity (Wildman–Crippen MR) is 78.1 cm³/mol. The van der Waals surface area contributed by atoms with Crippen LogP contribution in [0.25, 0.3) is 10.8 Å². The molecule has 2 amide bonds. The van der Waals surface area contributed by atoms with Crippen molar-refractivity contribution in [3.8, 4) is 5.75 Å². The molecule has 4 rings (SSSR count). The van der Waals surface area contributed by atoms with Gasteiger partial charge in [-0.2, -0.15) is 0 Å². The lowest BCUT2D eigenvalue weighted by Gasteiger charge is -2.15. The molecule has 2 aliphatic rings. The van der Waals surface area contributed by atoms with E-state index in [1.165, 1.54) is 4.90 Å². The van der Waals surface area contributed by atoms with E-state index in [-0.39, 0.29) is 17.7 Å². The van der Waals surface area contributed by atoms with Gasteiger partial charge >= 0.3 is 0 Å². The number of nitrogens with zero attached hydrogens (tertiary/aromatic N) is 1. The van der Waals surface area contributed by atoms with Gasteiger partial charge in [-0.05, 0) is 34.9 Å². The Kier molecular flexibility index (Phi) is 2.27. The summed E-state index contributed by atoms with van der Waals surface area (Å²) in [5.74, 6) is 0.537. The Balaban J connectivity index is 1.82. The average Bonchev–Trinajstić information content (AvgIpc) is 3.24. The third kappa shape index (κ3) is 1.45. The Morgan fingerprint density at radius 1 is 1.14 bits per heavy atom. The summed E-state index contributed by atoms with van der Waals surface area (Å²) in [4.78, 5) is 25.6. The molecule has 1 saturated heterocycles. The fourth-order valence-electron chi connectivity index (χ4n) is 3.50. The topological polar surface area (TPSA) is 46.6 Å². The number of likely N-dealkylation sites (tertiary alicyclic amines) is 1. The van der Waals surface area contributed by atoms with Gasteiger partial charge in [0.05, 0.1) is 18.4 Å². The highest BCUT2D eigenvalue weighted by Gasteiger charge is 2.71. The van der Waals surface area contributed by atoms with Gasteiger partial charge in [0.2, 0.25) is 11.8 Å². The fraction of sp³-hybridized carbons (Fsp3) is 0.294. The monoisotopic (exact) mass is 281 g/mol. The standard InChI is InChI=1S/C17H15NO3/c1-18-15(19)14-9-17(14,16(18)20)12-5-3-11-8-13(21-2)6-4-10(11)7-12/h3-8,14H,9H2,1-2H3. The quantitative estimate of drug-likeness (QED) is 0.792. The Morgan fingerprint density at radius 2 is 1.86 bits per heavy atom. The van der Waals surface area contributed by atoms with E-state index in [2.05, 4.69) is 0 Å². The summed E-state index contributed by atoms with van der Waals surface area (Å²) >= 11 is 0. The minimum atomic E-state index is -0.597. The van der Waals surface area contributed by atoms with Crippen molar-refractivity contribution in [2.24, 2.45) is 5.92 Å². The van der Waals surface area contributed by atoms with Crippen LogP contribution in [0.2, 0.25) is 0 Å². The normalized spacial score (nSPS) is 27.1. The molecule has 0 spiro atoms. The molecular formula is C17H15NO3. The molecule has 0 radical (unpaired) electrons. The van der Waals surface area contributed by atoms with Crippen LogP contribution in [0.3, 0.4) is 0 Å². The average molecular weight is 281 g/mol. The first-order valence-electron chi connectivity index (χ1n) is 6.98. The second kappa shape index (κ2) is 3.85. The van der Waals surface area contributed by atoms with Gasteiger partial charge in [0.25, 0.3) is 0 Å². The van der Waals surface area contributed by atoms with Crippen molar-refractivity contribution in [2.75, 3.05) is 14.2 Å². The number of ether oxygens (including phenoxy) is 1. The maximum absolute atomic E-state index is 12.4. The molecule has 2 fully saturated rings. The molecule has 2 aromatic rings. The van der Waals surface area contributed by atoms with Crippen molar-refractivity contribution in [3.05, 3.63) is 42.0 Å². The van der Waals surface area contributed by atoms with Crippen LogP contribution < -0.4 is 4.74 Å². The summed E-state index contributed by atoms with van der Waals surface area (Å²) in [6.45, 7) is 0. The molecular weight excluding hydrogens is 266 g/mol. The van der Waals surface area contributed by atoms with Crippen LogP contribution in [0.5, 0.6) is 5.75 Å². The van der Waals surface area contributed by atoms with E-state index < -0.39 is 5.41 Å². The Hall–Kier alpha value is -2.36. The van der Waals surface area contributed by atoms with Crippen LogP contribution in [-0.2, 0) is 15.0 Å². The van der Waals surface area contributed by atoms with E-state index in [1.807, 2.05) is 36.4 Å². The molecule has 1 heterocycles. The third-order valence-corrected chi connectivity index (χ3v) is 4.84. The van der Waals surface area contributed by atoms with E-state index >= 15 is 0 Å². The minimum Gasteiger partial charge on any atom is -0.497 e. The number of rotatable bonds is 2. The first-order valence-corrected chi connectivity index (χ1v) is 6.98. The highest BCUT2D eigenvalue weighted by Crippen LogP contribution is 2.60. The summed E-state index contributed by atoms with van der Waals surface area (Å²) < 4.78 is 5.22. The fourth-order valence-corrected chi connectivity index (χ4v) is 3.50. The van der Waals surface area contributed by atoms with Crippen molar-refractivity contribution < 1.29 is 14.3 Å². The number of carbonyl (C=O) groups is 2. The van der Waals surface area contributed by atoms with Gasteiger partial charge in [0.1, 0.15) is 5.75 Å². The van der Waals surface area contributed by atoms with Crippen molar-refractivity contribution in [2.45, 2.75) is 11.8 Å². The zero-order valence-corrected chi connectivity index (χ0v) is 11.9. The van der Waals surface area contributed by atoms with E-state index in [1.54, 1.807) is 14.2 Å². The number of hydrogen-bond donors (Lipinski definition) is 0. The SMILES string of the molecule is COc1ccc2cc(C34CC3C(=O)N(C)C4=O)ccc2c1. The van der Waals surface area contributed by atoms with Crippen molar-refractivity contribution in [1.82, 2.24) is 4.90 Å². The van der Waals surface area contributed by atoms with E-state index in [0.717, 1.165) is 22.1 Å². The van der Waals surface area contributed by atoms with Crippen molar-refractivity contribution in [1.29, 1.82) is 0 Å². The molecule has 1 aliphatic heterocycles.